The molecule has 0 spiro atoms. The van der Waals surface area contributed by atoms with Crippen molar-refractivity contribution in [2.45, 2.75) is 45.0 Å². The lowest BCUT2D eigenvalue weighted by Crippen LogP contribution is -2.56. The number of hydrazine groups is 1. The number of carbonyl (C=O) groups excluding carboxylic acids is 2. The number of carbonyl (C=O) groups is 2. The molecule has 3 atom stereocenters. The van der Waals surface area contributed by atoms with Gasteiger partial charge in [0.25, 0.3) is 5.91 Å². The molecule has 0 saturated carbocycles. The molecule has 3 aromatic rings. The molecule has 9 heteroatoms. The zero-order valence-electron chi connectivity index (χ0n) is 22.1. The maximum absolute atomic E-state index is 13.2. The van der Waals surface area contributed by atoms with Crippen molar-refractivity contribution in [2.24, 2.45) is 11.7 Å². The van der Waals surface area contributed by atoms with E-state index in [1.54, 1.807) is 11.2 Å². The molecule has 202 valence electrons. The molecular formula is C29H37N5O4. The molecule has 1 heterocycles. The number of aromatic nitrogens is 1. The van der Waals surface area contributed by atoms with Crippen LogP contribution in [0.1, 0.15) is 25.0 Å². The van der Waals surface area contributed by atoms with Crippen LogP contribution in [0.3, 0.4) is 0 Å². The summed E-state index contributed by atoms with van der Waals surface area (Å²) in [7, 11) is 1.25. The number of nitrogens with zero attached hydrogens (tertiary/aromatic N) is 2. The fraction of sp³-hybridized carbons (Fsp3) is 0.345. The fourth-order valence-corrected chi connectivity index (χ4v) is 4.01. The second-order valence-corrected chi connectivity index (χ2v) is 9.55. The van der Waals surface area contributed by atoms with Crippen LogP contribution in [0.15, 0.2) is 79.0 Å². The molecule has 5 N–H and O–H groups in total. The Labute approximate surface area is 224 Å². The Morgan fingerprint density at radius 2 is 1.68 bits per heavy atom. The van der Waals surface area contributed by atoms with Crippen LogP contribution in [-0.2, 0) is 22.5 Å². The fourth-order valence-electron chi connectivity index (χ4n) is 4.01. The zero-order chi connectivity index (χ0) is 27.5. The van der Waals surface area contributed by atoms with Crippen LogP contribution in [0.4, 0.5) is 4.79 Å². The van der Waals surface area contributed by atoms with Gasteiger partial charge in [-0.2, -0.15) is 0 Å². The Morgan fingerprint density at radius 1 is 1.00 bits per heavy atom. The van der Waals surface area contributed by atoms with E-state index in [0.29, 0.717) is 13.0 Å². The standard InChI is InChI=1S/C29H37N5O4/c1-20(2)27(32-29(37)38-3)28(36)33-34(19-26(35)24(30)17-21-9-5-4-6-10-21)18-22-12-14-23(15-13-22)25-11-7-8-16-31-25/h4-16,20,24,26-27,35H,17-19,30H2,1-3H3,(H,32,37)(H,33,36)/t24-,26-,27-/m0/s1. The van der Waals surface area contributed by atoms with Gasteiger partial charge >= 0.3 is 6.09 Å². The molecule has 0 saturated heterocycles. The zero-order valence-corrected chi connectivity index (χ0v) is 22.1. The average molecular weight is 520 g/mol. The van der Waals surface area contributed by atoms with Crippen LogP contribution in [0.25, 0.3) is 11.3 Å². The van der Waals surface area contributed by atoms with Crippen molar-refractivity contribution in [2.75, 3.05) is 13.7 Å². The molecule has 0 aliphatic heterocycles. The molecule has 9 nitrogen and oxygen atoms in total. The van der Waals surface area contributed by atoms with Gasteiger partial charge in [0.1, 0.15) is 6.04 Å². The van der Waals surface area contributed by atoms with Gasteiger partial charge in [0.2, 0.25) is 0 Å². The number of rotatable bonds is 12. The number of benzene rings is 2. The number of pyridine rings is 1. The van der Waals surface area contributed by atoms with E-state index >= 15 is 0 Å². The van der Waals surface area contributed by atoms with E-state index in [-0.39, 0.29) is 12.5 Å². The maximum atomic E-state index is 13.2. The van der Waals surface area contributed by atoms with Gasteiger partial charge in [-0.3, -0.25) is 15.2 Å². The molecule has 3 rings (SSSR count). The maximum Gasteiger partial charge on any atom is 0.407 e. The molecule has 0 unspecified atom stereocenters. The number of alkyl carbamates (subject to hydrolysis) is 1. The number of aliphatic hydroxyl groups excluding tert-OH is 1. The van der Waals surface area contributed by atoms with Crippen molar-refractivity contribution < 1.29 is 19.4 Å². The van der Waals surface area contributed by atoms with Gasteiger partial charge in [0.05, 0.1) is 18.9 Å². The molecule has 0 aliphatic rings. The van der Waals surface area contributed by atoms with Crippen LogP contribution in [0.5, 0.6) is 0 Å². The number of nitrogens with two attached hydrogens (primary N) is 1. The normalized spacial score (nSPS) is 13.6. The van der Waals surface area contributed by atoms with Gasteiger partial charge in [0.15, 0.2) is 0 Å². The minimum Gasteiger partial charge on any atom is -0.453 e. The smallest absolute Gasteiger partial charge is 0.407 e. The monoisotopic (exact) mass is 519 g/mol. The van der Waals surface area contributed by atoms with Crippen molar-refractivity contribution in [1.29, 1.82) is 0 Å². The van der Waals surface area contributed by atoms with E-state index in [2.05, 4.69) is 20.5 Å². The predicted octanol–water partition coefficient (Wildman–Crippen LogP) is 2.89. The second kappa shape index (κ2) is 14.2. The largest absolute Gasteiger partial charge is 0.453 e. The van der Waals surface area contributed by atoms with Crippen LogP contribution >= 0.6 is 0 Å². The van der Waals surface area contributed by atoms with Crippen molar-refractivity contribution >= 4 is 12.0 Å². The van der Waals surface area contributed by atoms with E-state index in [1.165, 1.54) is 7.11 Å². The topological polar surface area (TPSA) is 130 Å². The minimum atomic E-state index is -0.922. The number of nitrogens with one attached hydrogen (secondary N) is 2. The van der Waals surface area contributed by atoms with Crippen LogP contribution < -0.4 is 16.5 Å². The summed E-state index contributed by atoms with van der Waals surface area (Å²) in [4.78, 5) is 29.4. The van der Waals surface area contributed by atoms with Crippen LogP contribution in [0, 0.1) is 5.92 Å². The summed E-state index contributed by atoms with van der Waals surface area (Å²) >= 11 is 0. The first kappa shape index (κ1) is 28.8. The lowest BCUT2D eigenvalue weighted by Gasteiger charge is -2.30. The molecule has 2 amide bonds. The third-order valence-corrected chi connectivity index (χ3v) is 6.18. The third kappa shape index (κ3) is 8.65. The third-order valence-electron chi connectivity index (χ3n) is 6.18. The molecular weight excluding hydrogens is 482 g/mol. The lowest BCUT2D eigenvalue weighted by atomic mass is 10.0. The van der Waals surface area contributed by atoms with E-state index in [1.807, 2.05) is 86.6 Å². The van der Waals surface area contributed by atoms with Gasteiger partial charge in [-0.15, -0.1) is 0 Å². The Balaban J connectivity index is 1.75. The highest BCUT2D eigenvalue weighted by Crippen LogP contribution is 2.18. The first-order valence-electron chi connectivity index (χ1n) is 12.6. The number of hydrogen-bond acceptors (Lipinski definition) is 7. The summed E-state index contributed by atoms with van der Waals surface area (Å²) in [5, 5.41) is 15.2. The molecule has 0 bridgehead atoms. The molecule has 0 fully saturated rings. The van der Waals surface area contributed by atoms with Crippen molar-refractivity contribution in [3.63, 3.8) is 0 Å². The summed E-state index contributed by atoms with van der Waals surface area (Å²) in [5.41, 5.74) is 13.0. The van der Waals surface area contributed by atoms with E-state index in [9.17, 15) is 14.7 Å². The molecule has 1 aromatic heterocycles. The number of aliphatic hydroxyl groups is 1. The summed E-state index contributed by atoms with van der Waals surface area (Å²) < 4.78 is 4.68. The predicted molar refractivity (Wildman–Crippen MR) is 147 cm³/mol. The summed E-state index contributed by atoms with van der Waals surface area (Å²) in [5.74, 6) is -0.613. The van der Waals surface area contributed by atoms with E-state index in [4.69, 9.17) is 5.73 Å². The van der Waals surface area contributed by atoms with Crippen molar-refractivity contribution in [3.8, 4) is 11.3 Å². The lowest BCUT2D eigenvalue weighted by molar-refractivity contribution is -0.130. The highest BCUT2D eigenvalue weighted by Gasteiger charge is 2.27. The van der Waals surface area contributed by atoms with Crippen LogP contribution in [-0.4, -0.2) is 58.9 Å². The SMILES string of the molecule is COC(=O)N[C@H](C(=O)NN(Cc1ccc(-c2ccccn2)cc1)C[C@H](O)[C@@H](N)Cc1ccccc1)C(C)C. The van der Waals surface area contributed by atoms with Crippen molar-refractivity contribution in [3.05, 3.63) is 90.1 Å². The first-order chi connectivity index (χ1) is 18.3. The van der Waals surface area contributed by atoms with Gasteiger partial charge in [-0.05, 0) is 35.6 Å². The first-order valence-corrected chi connectivity index (χ1v) is 12.6. The minimum absolute atomic E-state index is 0.0881. The Hall–Kier alpha value is -3.79. The van der Waals surface area contributed by atoms with Gasteiger partial charge < -0.3 is 20.9 Å². The second-order valence-electron chi connectivity index (χ2n) is 9.55. The van der Waals surface area contributed by atoms with E-state index in [0.717, 1.165) is 22.4 Å². The number of amides is 2. The van der Waals surface area contributed by atoms with Crippen molar-refractivity contribution in [1.82, 2.24) is 20.7 Å². The van der Waals surface area contributed by atoms with Gasteiger partial charge in [-0.1, -0.05) is 74.5 Å². The molecule has 0 aliphatic carbocycles. The van der Waals surface area contributed by atoms with Gasteiger partial charge in [0, 0.05) is 30.9 Å². The quantitative estimate of drug-likeness (QED) is 0.271. The summed E-state index contributed by atoms with van der Waals surface area (Å²) in [6.07, 6.45) is 0.615. The van der Waals surface area contributed by atoms with Crippen LogP contribution in [0.2, 0.25) is 0 Å². The number of ether oxygens (including phenoxy) is 1. The summed E-state index contributed by atoms with van der Waals surface area (Å²) in [6.45, 7) is 4.05. The Kier molecular flexibility index (Phi) is 10.8. The molecule has 0 radical (unpaired) electrons. The Bertz CT molecular complexity index is 1140. The molecule has 2 aromatic carbocycles. The van der Waals surface area contributed by atoms with E-state index < -0.39 is 30.2 Å². The number of hydrogen-bond donors (Lipinski definition) is 4. The Morgan fingerprint density at radius 3 is 2.29 bits per heavy atom. The number of methoxy groups -OCH3 is 1. The van der Waals surface area contributed by atoms with Gasteiger partial charge in [-0.25, -0.2) is 9.80 Å². The molecule has 38 heavy (non-hydrogen) atoms. The average Bonchev–Trinajstić information content (AvgIpc) is 2.92. The summed E-state index contributed by atoms with van der Waals surface area (Å²) in [6, 6.07) is 21.9. The highest BCUT2D eigenvalue weighted by molar-refractivity contribution is 5.85. The highest BCUT2D eigenvalue weighted by atomic mass is 16.5.